The summed E-state index contributed by atoms with van der Waals surface area (Å²) in [5.41, 5.74) is 10.9. The van der Waals surface area contributed by atoms with E-state index in [1.54, 1.807) is 21.9 Å². The average molecular weight is 563 g/mol. The van der Waals surface area contributed by atoms with Crippen LogP contribution < -0.4 is 5.73 Å². The highest BCUT2D eigenvalue weighted by Crippen LogP contribution is 2.43. The third kappa shape index (κ3) is 4.09. The normalized spacial score (nSPS) is 18.8. The number of hydrogen-bond donors (Lipinski definition) is 2. The number of rotatable bonds is 4. The van der Waals surface area contributed by atoms with E-state index in [-0.39, 0.29) is 23.4 Å². The van der Waals surface area contributed by atoms with Gasteiger partial charge in [0.25, 0.3) is 5.91 Å². The Balaban J connectivity index is 1.43. The van der Waals surface area contributed by atoms with E-state index >= 15 is 0 Å². The third-order valence-corrected chi connectivity index (χ3v) is 8.00. The van der Waals surface area contributed by atoms with Crippen LogP contribution in [0.2, 0.25) is 0 Å². The zero-order chi connectivity index (χ0) is 25.8. The van der Waals surface area contributed by atoms with E-state index in [0.717, 1.165) is 35.4 Å². The van der Waals surface area contributed by atoms with Gasteiger partial charge < -0.3 is 20.6 Å². The summed E-state index contributed by atoms with van der Waals surface area (Å²) in [6, 6.07) is 8.78. The SMILES string of the molecule is C=CC(=O)N1CCc2nn(-c3ccc(C4CC4)cc3O)c3c2C(C1)N(C(=O)c1ccc(Br)nc1N)CC3. The molecule has 1 saturated carbocycles. The Morgan fingerprint density at radius 1 is 1.16 bits per heavy atom. The Hall–Kier alpha value is -3.66. The number of pyridine rings is 1. The van der Waals surface area contributed by atoms with Crippen LogP contribution in [0.4, 0.5) is 5.82 Å². The van der Waals surface area contributed by atoms with Crippen LogP contribution >= 0.6 is 15.9 Å². The van der Waals surface area contributed by atoms with Gasteiger partial charge in [0.05, 0.1) is 23.0 Å². The fourth-order valence-electron chi connectivity index (χ4n) is 5.54. The van der Waals surface area contributed by atoms with Gasteiger partial charge in [0.2, 0.25) is 5.91 Å². The molecule has 10 heteroatoms. The molecular weight excluding hydrogens is 536 g/mol. The van der Waals surface area contributed by atoms with Crippen LogP contribution in [0.1, 0.15) is 57.7 Å². The number of nitrogens with two attached hydrogens (primary N) is 1. The van der Waals surface area contributed by atoms with Crippen LogP contribution in [-0.4, -0.2) is 61.1 Å². The first-order chi connectivity index (χ1) is 17.9. The van der Waals surface area contributed by atoms with Crippen molar-refractivity contribution in [3.05, 3.63) is 75.7 Å². The van der Waals surface area contributed by atoms with Gasteiger partial charge in [0, 0.05) is 38.0 Å². The van der Waals surface area contributed by atoms with Gasteiger partial charge in [-0.15, -0.1) is 0 Å². The van der Waals surface area contributed by atoms with Gasteiger partial charge in [-0.3, -0.25) is 9.59 Å². The van der Waals surface area contributed by atoms with Crippen molar-refractivity contribution < 1.29 is 14.7 Å². The summed E-state index contributed by atoms with van der Waals surface area (Å²) >= 11 is 3.29. The van der Waals surface area contributed by atoms with Crippen molar-refractivity contribution in [3.63, 3.8) is 0 Å². The van der Waals surface area contributed by atoms with E-state index in [2.05, 4.69) is 33.6 Å². The van der Waals surface area contributed by atoms with Crippen molar-refractivity contribution >= 4 is 33.6 Å². The minimum absolute atomic E-state index is 0.148. The number of carbonyl (C=O) groups excluding carboxylic acids is 2. The van der Waals surface area contributed by atoms with Crippen LogP contribution in [0.25, 0.3) is 5.69 Å². The molecule has 4 heterocycles. The molecule has 2 amide bonds. The van der Waals surface area contributed by atoms with E-state index in [1.807, 2.05) is 16.8 Å². The van der Waals surface area contributed by atoms with Crippen LogP contribution in [0.5, 0.6) is 5.75 Å². The highest BCUT2D eigenvalue weighted by Gasteiger charge is 2.40. The number of anilines is 1. The number of nitrogens with zero attached hydrogens (tertiary/aromatic N) is 5. The Morgan fingerprint density at radius 2 is 1.97 bits per heavy atom. The van der Waals surface area contributed by atoms with E-state index in [1.165, 1.54) is 6.08 Å². The van der Waals surface area contributed by atoms with E-state index in [0.29, 0.717) is 54.2 Å². The number of benzene rings is 1. The highest BCUT2D eigenvalue weighted by atomic mass is 79.9. The molecule has 1 fully saturated rings. The molecule has 1 aliphatic carbocycles. The van der Waals surface area contributed by atoms with Gasteiger partial charge >= 0.3 is 0 Å². The molecule has 3 N–H and O–H groups in total. The van der Waals surface area contributed by atoms with Crippen molar-refractivity contribution in [1.29, 1.82) is 0 Å². The molecule has 37 heavy (non-hydrogen) atoms. The van der Waals surface area contributed by atoms with Gasteiger partial charge in [-0.25, -0.2) is 9.67 Å². The third-order valence-electron chi connectivity index (χ3n) is 7.55. The summed E-state index contributed by atoms with van der Waals surface area (Å²) in [4.78, 5) is 34.0. The number of amides is 2. The van der Waals surface area contributed by atoms with Gasteiger partial charge in [0.15, 0.2) is 0 Å². The van der Waals surface area contributed by atoms with Gasteiger partial charge in [0.1, 0.15) is 21.9 Å². The lowest BCUT2D eigenvalue weighted by Crippen LogP contribution is -2.46. The summed E-state index contributed by atoms with van der Waals surface area (Å²) in [6.45, 7) is 4.83. The fourth-order valence-corrected chi connectivity index (χ4v) is 5.86. The predicted molar refractivity (Wildman–Crippen MR) is 142 cm³/mol. The second kappa shape index (κ2) is 9.02. The van der Waals surface area contributed by atoms with E-state index in [9.17, 15) is 14.7 Å². The molecule has 1 aromatic carbocycles. The molecule has 3 aliphatic rings. The number of nitrogen functional groups attached to an aromatic ring is 1. The fraction of sp³-hybridized carbons (Fsp3) is 0.333. The molecule has 2 aliphatic heterocycles. The summed E-state index contributed by atoms with van der Waals surface area (Å²) in [5, 5.41) is 15.8. The molecule has 0 bridgehead atoms. The molecule has 0 radical (unpaired) electrons. The molecule has 0 spiro atoms. The number of halogens is 1. The van der Waals surface area contributed by atoms with Crippen LogP contribution in [0.15, 0.2) is 47.6 Å². The first kappa shape index (κ1) is 23.7. The Morgan fingerprint density at radius 3 is 2.68 bits per heavy atom. The molecule has 190 valence electrons. The minimum Gasteiger partial charge on any atom is -0.506 e. The summed E-state index contributed by atoms with van der Waals surface area (Å²) in [5.74, 6) is 0.456. The highest BCUT2D eigenvalue weighted by molar-refractivity contribution is 9.10. The summed E-state index contributed by atoms with van der Waals surface area (Å²) < 4.78 is 2.38. The molecule has 2 aromatic heterocycles. The number of aromatic nitrogens is 3. The van der Waals surface area contributed by atoms with Crippen molar-refractivity contribution in [2.24, 2.45) is 0 Å². The van der Waals surface area contributed by atoms with Crippen molar-refractivity contribution in [2.75, 3.05) is 25.4 Å². The summed E-state index contributed by atoms with van der Waals surface area (Å²) in [7, 11) is 0. The van der Waals surface area contributed by atoms with Crippen LogP contribution in [-0.2, 0) is 17.6 Å². The van der Waals surface area contributed by atoms with Crippen molar-refractivity contribution in [1.82, 2.24) is 24.6 Å². The molecule has 1 unspecified atom stereocenters. The van der Waals surface area contributed by atoms with Gasteiger partial charge in [-0.05, 0) is 70.6 Å². The monoisotopic (exact) mass is 562 g/mol. The number of carbonyl (C=O) groups is 2. The van der Waals surface area contributed by atoms with Crippen LogP contribution in [0, 0.1) is 0 Å². The van der Waals surface area contributed by atoms with E-state index < -0.39 is 6.04 Å². The predicted octanol–water partition coefficient (Wildman–Crippen LogP) is 3.51. The number of aromatic hydroxyl groups is 1. The molecular formula is C27H27BrN6O3. The largest absolute Gasteiger partial charge is 0.506 e. The lowest BCUT2D eigenvalue weighted by atomic mass is 9.94. The molecule has 3 aromatic rings. The molecule has 0 saturated heterocycles. The minimum atomic E-state index is -0.415. The average Bonchev–Trinajstić information content (AvgIpc) is 3.69. The second-order valence-corrected chi connectivity index (χ2v) is 10.6. The standard InChI is InChI=1S/C27H27BrN6O3/c1-2-24(36)32-11-9-18-25-20(34(31-18)19-7-5-16(13-22(19)35)15-3-4-15)10-12-33(21(25)14-32)27(37)17-6-8-23(28)30-26(17)29/h2,5-8,13,15,21,35H,1,3-4,9-12,14H2,(H2,29,30). The molecule has 9 nitrogen and oxygen atoms in total. The second-order valence-electron chi connectivity index (χ2n) is 9.81. The smallest absolute Gasteiger partial charge is 0.258 e. The van der Waals surface area contributed by atoms with Gasteiger partial charge in [-0.1, -0.05) is 12.6 Å². The maximum atomic E-state index is 13.7. The lowest BCUT2D eigenvalue weighted by molar-refractivity contribution is -0.126. The topological polar surface area (TPSA) is 118 Å². The van der Waals surface area contributed by atoms with Gasteiger partial charge in [-0.2, -0.15) is 5.10 Å². The summed E-state index contributed by atoms with van der Waals surface area (Å²) in [6.07, 6.45) is 4.70. The van der Waals surface area contributed by atoms with Crippen molar-refractivity contribution in [3.8, 4) is 11.4 Å². The zero-order valence-corrected chi connectivity index (χ0v) is 21.8. The molecule has 1 atom stereocenters. The zero-order valence-electron chi connectivity index (χ0n) is 20.2. The number of hydrogen-bond acceptors (Lipinski definition) is 6. The first-order valence-electron chi connectivity index (χ1n) is 12.4. The molecule has 6 rings (SSSR count). The first-order valence-corrected chi connectivity index (χ1v) is 13.2. The number of phenolic OH excluding ortho intramolecular Hbond substituents is 1. The number of phenols is 1. The van der Waals surface area contributed by atoms with Crippen LogP contribution in [0.3, 0.4) is 0 Å². The Bertz CT molecular complexity index is 1450. The quantitative estimate of drug-likeness (QED) is 0.371. The van der Waals surface area contributed by atoms with Crippen molar-refractivity contribution in [2.45, 2.75) is 37.6 Å². The Labute approximate surface area is 222 Å². The van der Waals surface area contributed by atoms with E-state index in [4.69, 9.17) is 10.8 Å². The maximum absolute atomic E-state index is 13.7. The maximum Gasteiger partial charge on any atom is 0.258 e. The Kier molecular flexibility index (Phi) is 5.78. The lowest BCUT2D eigenvalue weighted by Gasteiger charge is -2.38.